The van der Waals surface area contributed by atoms with E-state index in [9.17, 15) is 4.79 Å². The molecular weight excluding hydrogens is 332 g/mol. The topological polar surface area (TPSA) is 51.2 Å². The molecule has 2 heterocycles. The SMILES string of the molecule is Cc1cc(CC(=O)c2cccc(C3CC3NC3CCOCC3)c2)sn1. The lowest BCUT2D eigenvalue weighted by Gasteiger charge is -2.23. The largest absolute Gasteiger partial charge is 0.381 e. The first-order valence-electron chi connectivity index (χ1n) is 9.08. The van der Waals surface area contributed by atoms with Crippen molar-refractivity contribution in [2.45, 2.75) is 50.6 Å². The average Bonchev–Trinajstić information content (AvgIpc) is 3.28. The van der Waals surface area contributed by atoms with Gasteiger partial charge in [-0.15, -0.1) is 0 Å². The Morgan fingerprint density at radius 2 is 2.16 bits per heavy atom. The molecule has 2 aliphatic rings. The first-order valence-corrected chi connectivity index (χ1v) is 9.85. The van der Waals surface area contributed by atoms with Crippen LogP contribution in [0.5, 0.6) is 0 Å². The van der Waals surface area contributed by atoms with Crippen LogP contribution in [0, 0.1) is 6.92 Å². The highest BCUT2D eigenvalue weighted by Gasteiger charge is 2.39. The fourth-order valence-corrected chi connectivity index (χ4v) is 4.35. The molecule has 1 aromatic carbocycles. The molecule has 0 spiro atoms. The van der Waals surface area contributed by atoms with Crippen molar-refractivity contribution in [3.8, 4) is 0 Å². The number of ether oxygens (including phenoxy) is 1. The number of Topliss-reactive ketones (excluding diaryl/α,β-unsaturated/α-hetero) is 1. The Morgan fingerprint density at radius 1 is 1.32 bits per heavy atom. The van der Waals surface area contributed by atoms with E-state index in [2.05, 4.69) is 21.8 Å². The summed E-state index contributed by atoms with van der Waals surface area (Å²) in [6.45, 7) is 3.70. The summed E-state index contributed by atoms with van der Waals surface area (Å²) in [5, 5.41) is 3.76. The van der Waals surface area contributed by atoms with Gasteiger partial charge in [0.1, 0.15) is 0 Å². The molecule has 4 nitrogen and oxygen atoms in total. The summed E-state index contributed by atoms with van der Waals surface area (Å²) >= 11 is 1.42. The van der Waals surface area contributed by atoms with Crippen molar-refractivity contribution in [2.75, 3.05) is 13.2 Å². The number of rotatable bonds is 6. The summed E-state index contributed by atoms with van der Waals surface area (Å²) in [4.78, 5) is 13.6. The molecule has 1 aliphatic carbocycles. The Labute approximate surface area is 152 Å². The molecule has 0 amide bonds. The number of hydrogen-bond donors (Lipinski definition) is 1. The van der Waals surface area contributed by atoms with E-state index >= 15 is 0 Å². The number of carbonyl (C=O) groups excluding carboxylic acids is 1. The summed E-state index contributed by atoms with van der Waals surface area (Å²) in [6.07, 6.45) is 3.83. The summed E-state index contributed by atoms with van der Waals surface area (Å²) < 4.78 is 9.68. The molecule has 2 unspecified atom stereocenters. The van der Waals surface area contributed by atoms with Gasteiger partial charge in [0.25, 0.3) is 0 Å². The number of nitrogens with one attached hydrogen (secondary N) is 1. The molecule has 2 aromatic rings. The molecule has 0 bridgehead atoms. The van der Waals surface area contributed by atoms with E-state index in [0.29, 0.717) is 24.4 Å². The lowest BCUT2D eigenvalue weighted by atomic mass is 10.0. The van der Waals surface area contributed by atoms with E-state index < -0.39 is 0 Å². The van der Waals surface area contributed by atoms with Crippen LogP contribution in [0.2, 0.25) is 0 Å². The van der Waals surface area contributed by atoms with E-state index in [-0.39, 0.29) is 5.78 Å². The van der Waals surface area contributed by atoms with Crippen LogP contribution in [0.15, 0.2) is 30.3 Å². The van der Waals surface area contributed by atoms with Gasteiger partial charge in [-0.1, -0.05) is 18.2 Å². The summed E-state index contributed by atoms with van der Waals surface area (Å²) in [6, 6.07) is 11.3. The number of benzene rings is 1. The molecule has 1 aromatic heterocycles. The first-order chi connectivity index (χ1) is 12.2. The smallest absolute Gasteiger partial charge is 0.168 e. The Morgan fingerprint density at radius 3 is 2.92 bits per heavy atom. The Bertz CT molecular complexity index is 752. The van der Waals surface area contributed by atoms with Crippen molar-refractivity contribution in [1.29, 1.82) is 0 Å². The minimum absolute atomic E-state index is 0.181. The number of aromatic nitrogens is 1. The van der Waals surface area contributed by atoms with Crippen LogP contribution in [0.4, 0.5) is 0 Å². The number of aryl methyl sites for hydroxylation is 1. The average molecular weight is 356 g/mol. The third-order valence-corrected chi connectivity index (χ3v) is 5.99. The molecule has 132 valence electrons. The van der Waals surface area contributed by atoms with Gasteiger partial charge in [0.05, 0.1) is 5.69 Å². The highest BCUT2D eigenvalue weighted by molar-refractivity contribution is 7.05. The molecule has 5 heteroatoms. The maximum absolute atomic E-state index is 12.6. The van der Waals surface area contributed by atoms with Gasteiger partial charge in [-0.05, 0) is 55.4 Å². The van der Waals surface area contributed by atoms with Crippen LogP contribution < -0.4 is 5.32 Å². The second-order valence-electron chi connectivity index (χ2n) is 7.16. The first kappa shape index (κ1) is 16.9. The van der Waals surface area contributed by atoms with Gasteiger partial charge in [0.2, 0.25) is 0 Å². The molecule has 25 heavy (non-hydrogen) atoms. The molecule has 0 radical (unpaired) electrons. The Kier molecular flexibility index (Phi) is 4.97. The molecule has 2 fully saturated rings. The predicted molar refractivity (Wildman–Crippen MR) is 99.5 cm³/mol. The lowest BCUT2D eigenvalue weighted by molar-refractivity contribution is 0.0774. The van der Waals surface area contributed by atoms with Crippen LogP contribution >= 0.6 is 11.5 Å². The van der Waals surface area contributed by atoms with E-state index in [1.165, 1.54) is 23.5 Å². The predicted octanol–water partition coefficient (Wildman–Crippen LogP) is 3.50. The molecule has 1 saturated heterocycles. The molecule has 1 aliphatic heterocycles. The zero-order valence-corrected chi connectivity index (χ0v) is 15.3. The maximum atomic E-state index is 12.6. The van der Waals surface area contributed by atoms with Gasteiger partial charge < -0.3 is 10.1 Å². The van der Waals surface area contributed by atoms with Crippen molar-refractivity contribution in [3.63, 3.8) is 0 Å². The standard InChI is InChI=1S/C20H24N2O2S/c1-13-9-17(25-22-13)11-20(23)15-4-2-3-14(10-15)18-12-19(18)21-16-5-7-24-8-6-16/h2-4,9-10,16,18-19,21H,5-8,11-12H2,1H3. The van der Waals surface area contributed by atoms with Gasteiger partial charge in [-0.3, -0.25) is 4.79 Å². The summed E-state index contributed by atoms with van der Waals surface area (Å²) in [5.74, 6) is 0.723. The van der Waals surface area contributed by atoms with Crippen molar-refractivity contribution < 1.29 is 9.53 Å². The van der Waals surface area contributed by atoms with Gasteiger partial charge in [0.15, 0.2) is 5.78 Å². The normalized spacial score (nSPS) is 23.6. The van der Waals surface area contributed by atoms with Crippen LogP contribution in [0.3, 0.4) is 0 Å². The van der Waals surface area contributed by atoms with Crippen molar-refractivity contribution in [3.05, 3.63) is 52.0 Å². The monoisotopic (exact) mass is 356 g/mol. The van der Waals surface area contributed by atoms with Gasteiger partial charge in [-0.25, -0.2) is 0 Å². The Balaban J connectivity index is 1.37. The van der Waals surface area contributed by atoms with Crippen LogP contribution in [-0.2, 0) is 11.2 Å². The van der Waals surface area contributed by atoms with Gasteiger partial charge >= 0.3 is 0 Å². The molecule has 4 rings (SSSR count). The summed E-state index contributed by atoms with van der Waals surface area (Å²) in [7, 11) is 0. The minimum Gasteiger partial charge on any atom is -0.381 e. The molecule has 2 atom stereocenters. The van der Waals surface area contributed by atoms with Crippen LogP contribution in [-0.4, -0.2) is 35.5 Å². The second-order valence-corrected chi connectivity index (χ2v) is 8.05. The lowest BCUT2D eigenvalue weighted by Crippen LogP contribution is -2.36. The van der Waals surface area contributed by atoms with Crippen molar-refractivity contribution in [1.82, 2.24) is 9.69 Å². The quantitative estimate of drug-likeness (QED) is 0.805. The minimum atomic E-state index is 0.181. The van der Waals surface area contributed by atoms with E-state index in [1.54, 1.807) is 0 Å². The zero-order valence-electron chi connectivity index (χ0n) is 14.5. The fraction of sp³-hybridized carbons (Fsp3) is 0.500. The fourth-order valence-electron chi connectivity index (χ4n) is 3.62. The van der Waals surface area contributed by atoms with E-state index in [1.807, 2.05) is 25.1 Å². The molecule has 1 N–H and O–H groups in total. The van der Waals surface area contributed by atoms with Gasteiger partial charge in [-0.2, -0.15) is 4.37 Å². The number of hydrogen-bond acceptors (Lipinski definition) is 5. The van der Waals surface area contributed by atoms with Gasteiger partial charge in [0, 0.05) is 48.1 Å². The highest BCUT2D eigenvalue weighted by atomic mass is 32.1. The van der Waals surface area contributed by atoms with Crippen molar-refractivity contribution >= 4 is 17.3 Å². The number of ketones is 1. The molecular formula is C20H24N2O2S. The highest BCUT2D eigenvalue weighted by Crippen LogP contribution is 2.41. The van der Waals surface area contributed by atoms with Crippen LogP contribution in [0.1, 0.15) is 51.7 Å². The molecule has 1 saturated carbocycles. The zero-order chi connectivity index (χ0) is 17.2. The number of nitrogens with zero attached hydrogens (tertiary/aromatic N) is 1. The van der Waals surface area contributed by atoms with E-state index in [0.717, 1.165) is 42.2 Å². The third kappa shape index (κ3) is 4.17. The van der Waals surface area contributed by atoms with Crippen LogP contribution in [0.25, 0.3) is 0 Å². The van der Waals surface area contributed by atoms with E-state index in [4.69, 9.17) is 4.74 Å². The Hall–Kier alpha value is -1.56. The number of carbonyl (C=O) groups is 1. The maximum Gasteiger partial charge on any atom is 0.168 e. The summed E-state index contributed by atoms with van der Waals surface area (Å²) in [5.41, 5.74) is 3.10. The third-order valence-electron chi connectivity index (χ3n) is 5.11. The second kappa shape index (κ2) is 7.36. The van der Waals surface area contributed by atoms with Crippen molar-refractivity contribution in [2.24, 2.45) is 0 Å².